The molecule has 5 nitrogen and oxygen atoms in total. The normalized spacial score (nSPS) is 11.8. The molecule has 0 aliphatic heterocycles. The van der Waals surface area contributed by atoms with Crippen LogP contribution in [-0.4, -0.2) is 45.2 Å². The molecular formula is C15H24N2O3. The maximum atomic E-state index is 11.6. The average Bonchev–Trinajstić information content (AvgIpc) is 2.44. The Balaban J connectivity index is 2.91. The van der Waals surface area contributed by atoms with Crippen LogP contribution in [0.1, 0.15) is 25.5 Å². The minimum Gasteiger partial charge on any atom is -0.497 e. The predicted octanol–water partition coefficient (Wildman–Crippen LogP) is 1.83. The first-order valence-corrected chi connectivity index (χ1v) is 6.73. The van der Waals surface area contributed by atoms with Crippen molar-refractivity contribution in [3.8, 4) is 11.5 Å². The van der Waals surface area contributed by atoms with Crippen molar-refractivity contribution in [1.82, 2.24) is 10.2 Å². The SMILES string of the molecule is CCNC(C)c1ccc(OC)cc1OCC(=O)N(C)C. The van der Waals surface area contributed by atoms with Crippen LogP contribution in [-0.2, 0) is 4.79 Å². The van der Waals surface area contributed by atoms with E-state index in [1.807, 2.05) is 18.2 Å². The molecule has 0 aliphatic rings. The van der Waals surface area contributed by atoms with Gasteiger partial charge in [0.2, 0.25) is 0 Å². The molecule has 0 fully saturated rings. The fourth-order valence-corrected chi connectivity index (χ4v) is 1.81. The van der Waals surface area contributed by atoms with E-state index in [-0.39, 0.29) is 18.6 Å². The third-order valence-corrected chi connectivity index (χ3v) is 3.05. The lowest BCUT2D eigenvalue weighted by molar-refractivity contribution is -0.130. The van der Waals surface area contributed by atoms with Crippen molar-refractivity contribution < 1.29 is 14.3 Å². The molecule has 1 N–H and O–H groups in total. The van der Waals surface area contributed by atoms with Crippen molar-refractivity contribution in [2.24, 2.45) is 0 Å². The van der Waals surface area contributed by atoms with Crippen LogP contribution in [0, 0.1) is 0 Å². The van der Waals surface area contributed by atoms with E-state index in [4.69, 9.17) is 9.47 Å². The summed E-state index contributed by atoms with van der Waals surface area (Å²) in [6.07, 6.45) is 0. The summed E-state index contributed by atoms with van der Waals surface area (Å²) in [5, 5.41) is 3.33. The van der Waals surface area contributed by atoms with Gasteiger partial charge in [0.05, 0.1) is 7.11 Å². The van der Waals surface area contributed by atoms with Gasteiger partial charge in [-0.05, 0) is 19.5 Å². The minimum absolute atomic E-state index is 0.0199. The molecule has 0 spiro atoms. The van der Waals surface area contributed by atoms with Crippen molar-refractivity contribution in [2.75, 3.05) is 34.4 Å². The van der Waals surface area contributed by atoms with Gasteiger partial charge in [0, 0.05) is 31.8 Å². The number of rotatable bonds is 7. The minimum atomic E-state index is -0.0742. The zero-order valence-corrected chi connectivity index (χ0v) is 12.9. The van der Waals surface area contributed by atoms with Crippen LogP contribution in [0.5, 0.6) is 11.5 Å². The van der Waals surface area contributed by atoms with Gasteiger partial charge in [-0.2, -0.15) is 0 Å². The Bertz CT molecular complexity index is 447. The fourth-order valence-electron chi connectivity index (χ4n) is 1.81. The Kier molecular flexibility index (Phi) is 6.31. The fraction of sp³-hybridized carbons (Fsp3) is 0.533. The van der Waals surface area contributed by atoms with Crippen molar-refractivity contribution in [3.63, 3.8) is 0 Å². The first kappa shape index (κ1) is 16.3. The molecule has 0 saturated carbocycles. The molecule has 1 unspecified atom stereocenters. The van der Waals surface area contributed by atoms with Gasteiger partial charge in [-0.1, -0.05) is 13.0 Å². The van der Waals surface area contributed by atoms with Gasteiger partial charge in [0.1, 0.15) is 11.5 Å². The number of amides is 1. The lowest BCUT2D eigenvalue weighted by atomic mass is 10.1. The van der Waals surface area contributed by atoms with Crippen LogP contribution < -0.4 is 14.8 Å². The van der Waals surface area contributed by atoms with Crippen LogP contribution in [0.25, 0.3) is 0 Å². The summed E-state index contributed by atoms with van der Waals surface area (Å²) in [6, 6.07) is 5.81. The molecule has 0 bridgehead atoms. The molecule has 112 valence electrons. The van der Waals surface area contributed by atoms with Crippen LogP contribution in [0.4, 0.5) is 0 Å². The molecule has 0 aromatic heterocycles. The monoisotopic (exact) mass is 280 g/mol. The third-order valence-electron chi connectivity index (χ3n) is 3.05. The van der Waals surface area contributed by atoms with E-state index in [9.17, 15) is 4.79 Å². The number of carbonyl (C=O) groups is 1. The lowest BCUT2D eigenvalue weighted by Crippen LogP contribution is -2.28. The quantitative estimate of drug-likeness (QED) is 0.828. The number of methoxy groups -OCH3 is 1. The van der Waals surface area contributed by atoms with E-state index < -0.39 is 0 Å². The van der Waals surface area contributed by atoms with Gasteiger partial charge in [-0.15, -0.1) is 0 Å². The highest BCUT2D eigenvalue weighted by atomic mass is 16.5. The second-order valence-corrected chi connectivity index (χ2v) is 4.76. The van der Waals surface area contributed by atoms with Gasteiger partial charge in [0.15, 0.2) is 6.61 Å². The molecule has 1 aromatic rings. The maximum absolute atomic E-state index is 11.6. The Hall–Kier alpha value is -1.75. The van der Waals surface area contributed by atoms with Crippen molar-refractivity contribution in [1.29, 1.82) is 0 Å². The molecule has 1 rings (SSSR count). The topological polar surface area (TPSA) is 50.8 Å². The summed E-state index contributed by atoms with van der Waals surface area (Å²) < 4.78 is 10.9. The Labute approximate surface area is 120 Å². The number of hydrogen-bond donors (Lipinski definition) is 1. The van der Waals surface area contributed by atoms with Gasteiger partial charge in [-0.3, -0.25) is 4.79 Å². The van der Waals surface area contributed by atoms with Gasteiger partial charge >= 0.3 is 0 Å². The van der Waals surface area contributed by atoms with Crippen LogP contribution >= 0.6 is 0 Å². The Morgan fingerprint density at radius 2 is 2.10 bits per heavy atom. The summed E-state index contributed by atoms with van der Waals surface area (Å²) in [4.78, 5) is 13.1. The first-order chi connectivity index (χ1) is 9.49. The molecule has 0 saturated heterocycles. The lowest BCUT2D eigenvalue weighted by Gasteiger charge is -2.19. The summed E-state index contributed by atoms with van der Waals surface area (Å²) in [7, 11) is 5.02. The molecule has 5 heteroatoms. The highest BCUT2D eigenvalue weighted by Crippen LogP contribution is 2.29. The molecule has 20 heavy (non-hydrogen) atoms. The van der Waals surface area contributed by atoms with Crippen LogP contribution in [0.2, 0.25) is 0 Å². The van der Waals surface area contributed by atoms with Crippen LogP contribution in [0.3, 0.4) is 0 Å². The zero-order chi connectivity index (χ0) is 15.1. The maximum Gasteiger partial charge on any atom is 0.259 e. The summed E-state index contributed by atoms with van der Waals surface area (Å²) >= 11 is 0. The zero-order valence-electron chi connectivity index (χ0n) is 12.9. The number of ether oxygens (including phenoxy) is 2. The van der Waals surface area contributed by atoms with E-state index in [1.54, 1.807) is 21.2 Å². The smallest absolute Gasteiger partial charge is 0.259 e. The predicted molar refractivity (Wildman–Crippen MR) is 79.3 cm³/mol. The molecule has 1 aromatic carbocycles. The standard InChI is InChI=1S/C15H24N2O3/c1-6-16-11(2)13-8-7-12(19-5)9-14(13)20-10-15(18)17(3)4/h7-9,11,16H,6,10H2,1-5H3. The number of likely N-dealkylation sites (N-methyl/N-ethyl adjacent to an activating group) is 1. The molecule has 1 amide bonds. The number of nitrogens with one attached hydrogen (secondary N) is 1. The number of benzene rings is 1. The summed E-state index contributed by atoms with van der Waals surface area (Å²) in [5.74, 6) is 1.31. The Morgan fingerprint density at radius 3 is 2.65 bits per heavy atom. The second kappa shape index (κ2) is 7.75. The number of hydrogen-bond acceptors (Lipinski definition) is 4. The van der Waals surface area contributed by atoms with E-state index in [1.165, 1.54) is 4.90 Å². The van der Waals surface area contributed by atoms with E-state index >= 15 is 0 Å². The number of nitrogens with zero attached hydrogens (tertiary/aromatic N) is 1. The summed E-state index contributed by atoms with van der Waals surface area (Å²) in [5.41, 5.74) is 1.01. The number of carbonyl (C=O) groups excluding carboxylic acids is 1. The first-order valence-electron chi connectivity index (χ1n) is 6.73. The van der Waals surface area contributed by atoms with Crippen LogP contribution in [0.15, 0.2) is 18.2 Å². The molecule has 1 atom stereocenters. The van der Waals surface area contributed by atoms with E-state index in [2.05, 4.69) is 19.2 Å². The van der Waals surface area contributed by atoms with E-state index in [0.29, 0.717) is 11.5 Å². The highest BCUT2D eigenvalue weighted by Gasteiger charge is 2.14. The van der Waals surface area contributed by atoms with Gasteiger partial charge in [-0.25, -0.2) is 0 Å². The summed E-state index contributed by atoms with van der Waals surface area (Å²) in [6.45, 7) is 5.00. The van der Waals surface area contributed by atoms with Crippen molar-refractivity contribution >= 4 is 5.91 Å². The largest absolute Gasteiger partial charge is 0.497 e. The molecular weight excluding hydrogens is 256 g/mol. The van der Waals surface area contributed by atoms with Crippen molar-refractivity contribution in [3.05, 3.63) is 23.8 Å². The molecule has 0 radical (unpaired) electrons. The van der Waals surface area contributed by atoms with Crippen molar-refractivity contribution in [2.45, 2.75) is 19.9 Å². The second-order valence-electron chi connectivity index (χ2n) is 4.76. The van der Waals surface area contributed by atoms with Gasteiger partial charge in [0.25, 0.3) is 5.91 Å². The Morgan fingerprint density at radius 1 is 1.40 bits per heavy atom. The average molecular weight is 280 g/mol. The van der Waals surface area contributed by atoms with Gasteiger partial charge < -0.3 is 19.7 Å². The van der Waals surface area contributed by atoms with E-state index in [0.717, 1.165) is 12.1 Å². The molecule has 0 heterocycles. The highest BCUT2D eigenvalue weighted by molar-refractivity contribution is 5.77. The third kappa shape index (κ3) is 4.42. The molecule has 0 aliphatic carbocycles.